The zero-order valence-electron chi connectivity index (χ0n) is 11.1. The van der Waals surface area contributed by atoms with E-state index in [0.717, 1.165) is 25.9 Å². The van der Waals surface area contributed by atoms with Crippen LogP contribution in [0, 0.1) is 0 Å². The number of hydrogen-bond donors (Lipinski definition) is 3. The summed E-state index contributed by atoms with van der Waals surface area (Å²) < 4.78 is 0. The maximum atomic E-state index is 12.1. The number of carbonyl (C=O) groups excluding carboxylic acids is 1. The summed E-state index contributed by atoms with van der Waals surface area (Å²) in [5.74, 6) is -0.879. The Bertz CT molecular complexity index is 288. The lowest BCUT2D eigenvalue weighted by atomic mass is 10.1. The lowest BCUT2D eigenvalue weighted by Gasteiger charge is -2.30. The summed E-state index contributed by atoms with van der Waals surface area (Å²) in [7, 11) is 0. The van der Waals surface area contributed by atoms with Gasteiger partial charge in [0.25, 0.3) is 0 Å². The fourth-order valence-electron chi connectivity index (χ4n) is 2.03. The van der Waals surface area contributed by atoms with Crippen molar-refractivity contribution in [2.45, 2.75) is 45.2 Å². The second-order valence-corrected chi connectivity index (χ2v) is 4.90. The van der Waals surface area contributed by atoms with Gasteiger partial charge in [-0.1, -0.05) is 0 Å². The van der Waals surface area contributed by atoms with Crippen molar-refractivity contribution in [2.75, 3.05) is 19.6 Å². The first-order chi connectivity index (χ1) is 8.50. The molecule has 6 nitrogen and oxygen atoms in total. The molecule has 6 heteroatoms. The van der Waals surface area contributed by atoms with Crippen LogP contribution in [0.15, 0.2) is 0 Å². The second-order valence-electron chi connectivity index (χ2n) is 4.90. The standard InChI is InChI=1S/C12H23N3O3/c1-9(2)15(8-5-11(16)17)12(18)14-10-3-6-13-7-4-10/h9-10,13H,3-8H2,1-2H3,(H,14,18)(H,16,17). The van der Waals surface area contributed by atoms with E-state index in [0.29, 0.717) is 0 Å². The zero-order chi connectivity index (χ0) is 13.5. The molecule has 0 radical (unpaired) electrons. The third-order valence-corrected chi connectivity index (χ3v) is 3.12. The number of piperidine rings is 1. The van der Waals surface area contributed by atoms with E-state index in [9.17, 15) is 9.59 Å². The van der Waals surface area contributed by atoms with Gasteiger partial charge in [0.15, 0.2) is 0 Å². The number of aliphatic carboxylic acids is 1. The number of carbonyl (C=O) groups is 2. The first-order valence-corrected chi connectivity index (χ1v) is 6.50. The average Bonchev–Trinajstić information content (AvgIpc) is 2.29. The quantitative estimate of drug-likeness (QED) is 0.675. The van der Waals surface area contributed by atoms with E-state index < -0.39 is 5.97 Å². The lowest BCUT2D eigenvalue weighted by molar-refractivity contribution is -0.137. The maximum absolute atomic E-state index is 12.1. The maximum Gasteiger partial charge on any atom is 0.317 e. The Morgan fingerprint density at radius 2 is 2.00 bits per heavy atom. The van der Waals surface area contributed by atoms with Crippen molar-refractivity contribution in [1.82, 2.24) is 15.5 Å². The number of carboxylic acids is 1. The smallest absolute Gasteiger partial charge is 0.317 e. The Kier molecular flexibility index (Phi) is 5.91. The molecular weight excluding hydrogens is 234 g/mol. The Labute approximate surface area is 108 Å². The van der Waals surface area contributed by atoms with Gasteiger partial charge in [0.1, 0.15) is 0 Å². The number of hydrogen-bond acceptors (Lipinski definition) is 3. The first kappa shape index (κ1) is 14.8. The number of nitrogens with zero attached hydrogens (tertiary/aromatic N) is 1. The predicted molar refractivity (Wildman–Crippen MR) is 68.5 cm³/mol. The monoisotopic (exact) mass is 257 g/mol. The van der Waals surface area contributed by atoms with Crippen LogP contribution in [0.3, 0.4) is 0 Å². The highest BCUT2D eigenvalue weighted by molar-refractivity contribution is 5.75. The van der Waals surface area contributed by atoms with Gasteiger partial charge in [-0.05, 0) is 39.8 Å². The minimum absolute atomic E-state index is 0.00562. The van der Waals surface area contributed by atoms with Crippen LogP contribution < -0.4 is 10.6 Å². The van der Waals surface area contributed by atoms with Gasteiger partial charge < -0.3 is 20.6 Å². The molecule has 1 heterocycles. The van der Waals surface area contributed by atoms with Gasteiger partial charge in [-0.2, -0.15) is 0 Å². The highest BCUT2D eigenvalue weighted by Gasteiger charge is 2.21. The van der Waals surface area contributed by atoms with Gasteiger partial charge in [0.2, 0.25) is 0 Å². The molecule has 104 valence electrons. The molecule has 0 atom stereocenters. The predicted octanol–water partition coefficient (Wildman–Crippen LogP) is 0.633. The summed E-state index contributed by atoms with van der Waals surface area (Å²) in [4.78, 5) is 24.2. The molecule has 1 aliphatic heterocycles. The van der Waals surface area contributed by atoms with Crippen LogP contribution in [0.5, 0.6) is 0 Å². The fourth-order valence-corrected chi connectivity index (χ4v) is 2.03. The Morgan fingerprint density at radius 3 is 2.50 bits per heavy atom. The average molecular weight is 257 g/mol. The van der Waals surface area contributed by atoms with E-state index >= 15 is 0 Å². The molecule has 1 fully saturated rings. The summed E-state index contributed by atoms with van der Waals surface area (Å²) in [5, 5.41) is 14.9. The molecule has 3 N–H and O–H groups in total. The van der Waals surface area contributed by atoms with Crippen LogP contribution in [0.25, 0.3) is 0 Å². The summed E-state index contributed by atoms with van der Waals surface area (Å²) in [6.45, 7) is 5.88. The molecule has 0 spiro atoms. The molecule has 0 unspecified atom stereocenters. The third kappa shape index (κ3) is 4.91. The lowest BCUT2D eigenvalue weighted by Crippen LogP contribution is -2.50. The summed E-state index contributed by atoms with van der Waals surface area (Å²) in [5.41, 5.74) is 0. The Morgan fingerprint density at radius 1 is 1.39 bits per heavy atom. The molecule has 1 saturated heterocycles. The SMILES string of the molecule is CC(C)N(CCC(=O)O)C(=O)NC1CCNCC1. The van der Waals surface area contributed by atoms with Crippen LogP contribution >= 0.6 is 0 Å². The highest BCUT2D eigenvalue weighted by atomic mass is 16.4. The van der Waals surface area contributed by atoms with Gasteiger partial charge in [0, 0.05) is 18.6 Å². The van der Waals surface area contributed by atoms with Crippen LogP contribution in [-0.2, 0) is 4.79 Å². The molecule has 0 saturated carbocycles. The van der Waals surface area contributed by atoms with Crippen molar-refractivity contribution < 1.29 is 14.7 Å². The number of nitrogens with one attached hydrogen (secondary N) is 2. The Balaban J connectivity index is 2.45. The highest BCUT2D eigenvalue weighted by Crippen LogP contribution is 2.06. The van der Waals surface area contributed by atoms with Crippen LogP contribution in [0.2, 0.25) is 0 Å². The fraction of sp³-hybridized carbons (Fsp3) is 0.833. The minimum atomic E-state index is -0.879. The van der Waals surface area contributed by atoms with E-state index in [1.807, 2.05) is 13.8 Å². The first-order valence-electron chi connectivity index (χ1n) is 6.50. The van der Waals surface area contributed by atoms with E-state index in [4.69, 9.17) is 5.11 Å². The molecule has 0 aromatic carbocycles. The van der Waals surface area contributed by atoms with Crippen molar-refractivity contribution in [3.05, 3.63) is 0 Å². The van der Waals surface area contributed by atoms with E-state index in [1.54, 1.807) is 4.90 Å². The number of rotatable bonds is 5. The van der Waals surface area contributed by atoms with Crippen LogP contribution in [-0.4, -0.2) is 53.7 Å². The van der Waals surface area contributed by atoms with Gasteiger partial charge in [0.05, 0.1) is 6.42 Å². The minimum Gasteiger partial charge on any atom is -0.481 e. The van der Waals surface area contributed by atoms with Crippen molar-refractivity contribution in [1.29, 1.82) is 0 Å². The summed E-state index contributed by atoms with van der Waals surface area (Å²) >= 11 is 0. The molecule has 0 aromatic heterocycles. The van der Waals surface area contributed by atoms with Gasteiger partial charge >= 0.3 is 12.0 Å². The van der Waals surface area contributed by atoms with Crippen molar-refractivity contribution in [3.63, 3.8) is 0 Å². The van der Waals surface area contributed by atoms with Gasteiger partial charge in [-0.25, -0.2) is 4.79 Å². The molecule has 1 rings (SSSR count). The van der Waals surface area contributed by atoms with E-state index in [1.165, 1.54) is 0 Å². The van der Waals surface area contributed by atoms with E-state index in [-0.39, 0.29) is 31.1 Å². The number of carboxylic acid groups (broad SMARTS) is 1. The number of urea groups is 1. The van der Waals surface area contributed by atoms with Crippen LogP contribution in [0.4, 0.5) is 4.79 Å². The number of amides is 2. The molecule has 0 aromatic rings. The van der Waals surface area contributed by atoms with Crippen molar-refractivity contribution in [3.8, 4) is 0 Å². The van der Waals surface area contributed by atoms with E-state index in [2.05, 4.69) is 10.6 Å². The largest absolute Gasteiger partial charge is 0.481 e. The Hall–Kier alpha value is -1.30. The zero-order valence-corrected chi connectivity index (χ0v) is 11.1. The molecule has 0 aliphatic carbocycles. The molecule has 2 amide bonds. The molecule has 0 bridgehead atoms. The topological polar surface area (TPSA) is 81.7 Å². The van der Waals surface area contributed by atoms with Crippen LogP contribution in [0.1, 0.15) is 33.1 Å². The normalized spacial score (nSPS) is 16.6. The van der Waals surface area contributed by atoms with Gasteiger partial charge in [-0.15, -0.1) is 0 Å². The summed E-state index contributed by atoms with van der Waals surface area (Å²) in [6.07, 6.45) is 1.84. The molecular formula is C12H23N3O3. The molecule has 1 aliphatic rings. The summed E-state index contributed by atoms with van der Waals surface area (Å²) in [6, 6.07) is 0.0500. The van der Waals surface area contributed by atoms with Gasteiger partial charge in [-0.3, -0.25) is 4.79 Å². The van der Waals surface area contributed by atoms with Crippen molar-refractivity contribution >= 4 is 12.0 Å². The third-order valence-electron chi connectivity index (χ3n) is 3.12. The second kappa shape index (κ2) is 7.20. The molecule has 18 heavy (non-hydrogen) atoms. The van der Waals surface area contributed by atoms with Crippen molar-refractivity contribution in [2.24, 2.45) is 0 Å².